The van der Waals surface area contributed by atoms with Crippen LogP contribution >= 0.6 is 56.7 Å². The molecule has 136 heavy (non-hydrogen) atoms. The molecule has 14 heterocycles. The molecular weight excluding hydrogens is 1930 g/mol. The third-order valence-electron chi connectivity index (χ3n) is 20.6. The minimum atomic E-state index is -1.37. The van der Waals surface area contributed by atoms with E-state index < -0.39 is 54.0 Å². The number of anilines is 2. The Bertz CT molecular complexity index is 6990. The van der Waals surface area contributed by atoms with Crippen LogP contribution in [0, 0.1) is 13.8 Å². The number of carbonyl (C=O) groups excluding carboxylic acids is 1. The first-order valence-corrected chi connectivity index (χ1v) is 54.1. The van der Waals surface area contributed by atoms with Crippen LogP contribution in [-0.4, -0.2) is 241 Å². The number of methoxy groups -OCH3 is 4. The first-order chi connectivity index (χ1) is 66.1. The van der Waals surface area contributed by atoms with Gasteiger partial charge < -0.3 is 53.1 Å². The second-order valence-electron chi connectivity index (χ2n) is 30.8. The van der Waals surface area contributed by atoms with Crippen molar-refractivity contribution in [3.8, 4) is 90.4 Å². The van der Waals surface area contributed by atoms with Crippen LogP contribution in [0.2, 0.25) is 0 Å². The van der Waals surface area contributed by atoms with Crippen molar-refractivity contribution in [2.24, 2.45) is 0 Å². The molecule has 3 aromatic carbocycles. The zero-order chi connectivity index (χ0) is 95.5. The average Bonchev–Trinajstić information content (AvgIpc) is 1.60. The number of morpholine rings is 1. The summed E-state index contributed by atoms with van der Waals surface area (Å²) in [7, 11) is 4.15. The quantitative estimate of drug-likeness (QED) is 0.0373. The Morgan fingerprint density at radius 3 is 1.88 bits per heavy atom. The third-order valence-corrected chi connectivity index (χ3v) is 34.1. The first kappa shape index (κ1) is 99.3. The van der Waals surface area contributed by atoms with E-state index in [1.54, 1.807) is 72.0 Å². The minimum Gasteiger partial charge on any atom is -0.491 e. The molecule has 5 atom stereocenters. The molecule has 5 unspecified atom stereocenters. The van der Waals surface area contributed by atoms with Crippen LogP contribution in [0.5, 0.6) is 17.5 Å². The molecule has 2 N–H and O–H groups in total. The van der Waals surface area contributed by atoms with Crippen LogP contribution in [0.1, 0.15) is 85.9 Å². The van der Waals surface area contributed by atoms with Crippen molar-refractivity contribution in [1.82, 2.24) is 84.2 Å². The number of aryl methyl sites for hydroxylation is 2. The number of nitrogens with zero attached hydrogens (tertiary/aromatic N) is 18. The molecule has 1 aliphatic heterocycles. The van der Waals surface area contributed by atoms with Gasteiger partial charge in [-0.1, -0.05) is 68.8 Å². The molecule has 2 fully saturated rings. The van der Waals surface area contributed by atoms with Crippen LogP contribution < -0.4 is 24.8 Å². The molecule has 43 heteroatoms. The number of carbonyl (C=O) groups is 1. The molecule has 33 nitrogen and oxygen atoms in total. The zero-order valence-electron chi connectivity index (χ0n) is 76.4. The van der Waals surface area contributed by atoms with Gasteiger partial charge in [-0.05, 0) is 113 Å². The van der Waals surface area contributed by atoms with E-state index in [1.165, 1.54) is 61.6 Å². The van der Waals surface area contributed by atoms with Gasteiger partial charge in [0.25, 0.3) is 16.8 Å². The lowest BCUT2D eigenvalue weighted by Crippen LogP contribution is -2.37. The fourth-order valence-corrected chi connectivity index (χ4v) is 24.9. The van der Waals surface area contributed by atoms with Gasteiger partial charge in [-0.25, -0.2) is 54.0 Å². The highest BCUT2D eigenvalue weighted by atomic mass is 32.2. The summed E-state index contributed by atoms with van der Waals surface area (Å²) in [5, 5.41) is 8.21. The predicted octanol–water partition coefficient (Wildman–Crippen LogP) is 16.6. The SMILES string of the molecule is CCCS(=O)c1cc2c(-c3cccc(OCCOC)c3)nc(-n3cnc(C)c3)nc2s1.CCCS(=O)c1nc2c(C(=O)N(C)C)nc(-c3ccc(C)cc3)nc2o1.CCCS(=O)c1sc2nc(-c3nccs3)nc(-c3ccc(OCCOC)cc3)c2c1N.COCCS(=O)C1=Cc2c(nc(OC)nc2N2CCOCC2)C1.O=S(c1cc2c(-c3ccccn3)nc(-c3nccs3)nc2s1)C1CC1. The molecule has 1 saturated carbocycles. The van der Waals surface area contributed by atoms with Crippen LogP contribution in [-0.2, 0) is 79.4 Å². The van der Waals surface area contributed by atoms with E-state index in [-0.39, 0.29) is 28.1 Å². The highest BCUT2D eigenvalue weighted by Gasteiger charge is 2.33. The van der Waals surface area contributed by atoms with Gasteiger partial charge in [0.15, 0.2) is 38.7 Å². The number of oxazole rings is 1. The maximum absolute atomic E-state index is 12.7. The van der Waals surface area contributed by atoms with Gasteiger partial charge in [-0.15, -0.1) is 56.7 Å². The molecular formula is C93H99N19O14S10. The van der Waals surface area contributed by atoms with E-state index in [9.17, 15) is 25.8 Å². The van der Waals surface area contributed by atoms with Gasteiger partial charge >= 0.3 is 6.01 Å². The molecule has 3 aliphatic rings. The molecule has 1 saturated heterocycles. The lowest BCUT2D eigenvalue weighted by atomic mass is 10.1. The number of nitrogens with two attached hydrogens (primary N) is 1. The topological polar surface area (TPSA) is 411 Å². The third kappa shape index (κ3) is 24.3. The number of fused-ring (bicyclic) bond motifs is 5. The average molecular weight is 2030 g/mol. The summed E-state index contributed by atoms with van der Waals surface area (Å²) in [4.78, 5) is 87.3. The van der Waals surface area contributed by atoms with Crippen molar-refractivity contribution in [3.05, 3.63) is 178 Å². The Kier molecular flexibility index (Phi) is 34.5. The van der Waals surface area contributed by atoms with Crippen LogP contribution in [0.3, 0.4) is 0 Å². The van der Waals surface area contributed by atoms with E-state index in [0.29, 0.717) is 131 Å². The van der Waals surface area contributed by atoms with Gasteiger partial charge in [0.2, 0.25) is 5.95 Å². The fraction of sp³-hybridized carbons (Fsp3) is 0.333. The van der Waals surface area contributed by atoms with Gasteiger partial charge in [-0.3, -0.25) is 31.2 Å². The smallest absolute Gasteiger partial charge is 0.318 e. The molecule has 710 valence electrons. The number of rotatable bonds is 33. The largest absolute Gasteiger partial charge is 0.491 e. The number of aromatic nitrogens is 16. The zero-order valence-corrected chi connectivity index (χ0v) is 84.5. The van der Waals surface area contributed by atoms with Gasteiger partial charge in [0, 0.05) is 151 Å². The van der Waals surface area contributed by atoms with E-state index >= 15 is 0 Å². The number of hydrogen-bond donors (Lipinski definition) is 1. The fourth-order valence-electron chi connectivity index (χ4n) is 13.8. The van der Waals surface area contributed by atoms with Crippen molar-refractivity contribution in [2.45, 2.75) is 96.2 Å². The Labute approximate surface area is 817 Å². The standard InChI is InChI=1S/C22H24N4O3S2.C21H22N4O3S3.C18H20N4O3S.C17H12N4OS3.C15H21N3O4S/c1-4-10-31(27)19-12-18-20(16-6-5-7-17(11-16)29-9-8-28-3)24-22(25-21(18)30-19)26-13-15(2)23-14-26;1-3-12-31(26)21-16(22)15-17(13-4-6-14(7-5-13)28-10-9-27-2)24-18(25-19(15)30-21)20-23-8-11-29-20;1-5-10-26(24)18-20-13-14(17(23)22(3)4)19-15(21-16(13)25-18)12-8-6-11(2)7-9-12;22-25(10-4-5-10)13-9-11-14(12-3-1-2-6-18-12)20-15(21-16(11)24-13)17-19-7-8-23-17;1-20-7-8-23(19)11-9-12-13(10-11)16-15(21-2)17-14(12)18-3-5-22-6-4-18/h5-7,11-14H,4,8-10H2,1-3H3;4-8,11H,3,9-10,12,22H2,1-2H3;6-9H,5,10H2,1-4H3;1-3,6-10H,4-5H2;9H,3-8,10H2,1-2H3. The van der Waals surface area contributed by atoms with E-state index in [4.69, 9.17) is 68.2 Å². The number of thiophene rings is 3. The van der Waals surface area contributed by atoms with E-state index in [2.05, 4.69) is 54.7 Å². The summed E-state index contributed by atoms with van der Waals surface area (Å²) < 4.78 is 110. The monoisotopic (exact) mass is 2030 g/mol. The lowest BCUT2D eigenvalue weighted by molar-refractivity contribution is 0.0823. The summed E-state index contributed by atoms with van der Waals surface area (Å²) in [5.74, 6) is 6.16. The normalized spacial score (nSPS) is 14.0. The Hall–Kier alpha value is -11.2. The van der Waals surface area contributed by atoms with Crippen molar-refractivity contribution >= 4 is 176 Å². The number of nitrogen functional groups attached to an aromatic ring is 1. The molecule has 0 spiro atoms. The van der Waals surface area contributed by atoms with Crippen molar-refractivity contribution < 1.29 is 63.4 Å². The second-order valence-corrected chi connectivity index (χ2v) is 44.3. The molecule has 0 radical (unpaired) electrons. The minimum absolute atomic E-state index is 0.0741. The van der Waals surface area contributed by atoms with Crippen LogP contribution in [0.15, 0.2) is 172 Å². The number of ether oxygens (including phenoxy) is 7. The van der Waals surface area contributed by atoms with Crippen molar-refractivity contribution in [3.63, 3.8) is 0 Å². The molecule has 16 aromatic rings. The number of amides is 1. The first-order valence-electron chi connectivity index (χ1n) is 43.4. The molecule has 2 aliphatic carbocycles. The van der Waals surface area contributed by atoms with Gasteiger partial charge in [-0.2, -0.15) is 19.9 Å². The summed E-state index contributed by atoms with van der Waals surface area (Å²) in [6.07, 6.45) is 15.8. The van der Waals surface area contributed by atoms with Gasteiger partial charge in [0.1, 0.15) is 72.1 Å². The highest BCUT2D eigenvalue weighted by molar-refractivity contribution is 7.89. The van der Waals surface area contributed by atoms with E-state index in [0.717, 1.165) is 168 Å². The van der Waals surface area contributed by atoms with Crippen LogP contribution in [0.25, 0.3) is 121 Å². The van der Waals surface area contributed by atoms with Crippen molar-refractivity contribution in [1.29, 1.82) is 0 Å². The highest BCUT2D eigenvalue weighted by Crippen LogP contribution is 2.45. The number of benzene rings is 3. The van der Waals surface area contributed by atoms with Gasteiger partial charge in [0.05, 0.1) is 137 Å². The second kappa shape index (κ2) is 47.3. The van der Waals surface area contributed by atoms with Crippen molar-refractivity contribution in [2.75, 3.05) is 136 Å². The maximum Gasteiger partial charge on any atom is 0.318 e. The molecule has 13 aromatic heterocycles. The molecule has 19 rings (SSSR count). The summed E-state index contributed by atoms with van der Waals surface area (Å²) in [5.41, 5.74) is 16.9. The molecule has 0 bridgehead atoms. The number of allylic oxidation sites excluding steroid dienone is 1. The Morgan fingerprint density at radius 1 is 0.574 bits per heavy atom. The lowest BCUT2D eigenvalue weighted by Gasteiger charge is -2.29. The van der Waals surface area contributed by atoms with Crippen LogP contribution in [0.4, 0.5) is 11.5 Å². The summed E-state index contributed by atoms with van der Waals surface area (Å²) in [6.45, 7) is 15.3. The summed E-state index contributed by atoms with van der Waals surface area (Å²) >= 11 is 7.30. The predicted molar refractivity (Wildman–Crippen MR) is 540 cm³/mol. The maximum atomic E-state index is 12.7. The molecule has 1 amide bonds. The van der Waals surface area contributed by atoms with E-state index in [1.807, 2.05) is 161 Å². The Morgan fingerprint density at radius 2 is 1.23 bits per heavy atom. The number of hydrogen-bond acceptors (Lipinski definition) is 36. The summed E-state index contributed by atoms with van der Waals surface area (Å²) in [6, 6.07) is 33.1. The Balaban J connectivity index is 0.000000130. The number of pyridine rings is 1. The number of thiazole rings is 2. The number of imidazole rings is 1.